The van der Waals surface area contributed by atoms with E-state index in [-0.39, 0.29) is 86.2 Å². The van der Waals surface area contributed by atoms with Crippen LogP contribution in [-0.2, 0) is 31.0 Å². The van der Waals surface area contributed by atoms with Crippen molar-refractivity contribution < 1.29 is 38.6 Å². The molecule has 1 aromatic heterocycles. The number of aromatic hydroxyl groups is 1. The summed E-state index contributed by atoms with van der Waals surface area (Å²) in [5.74, 6) is -2.54. The highest BCUT2D eigenvalue weighted by molar-refractivity contribution is 6.00. The van der Waals surface area contributed by atoms with Crippen LogP contribution in [-0.4, -0.2) is 114 Å². The molecule has 356 valence electrons. The van der Waals surface area contributed by atoms with Crippen molar-refractivity contribution in [2.75, 3.05) is 46.4 Å². The van der Waals surface area contributed by atoms with Crippen LogP contribution in [0.4, 0.5) is 0 Å². The van der Waals surface area contributed by atoms with Crippen molar-refractivity contribution in [3.8, 4) is 45.8 Å². The number of nitrogens with two attached hydrogens (primary N) is 3. The number of phenols is 1. The van der Waals surface area contributed by atoms with Crippen LogP contribution >= 0.6 is 0 Å². The molecular formula is C48H61N11O8. The third kappa shape index (κ3) is 12.2. The van der Waals surface area contributed by atoms with Crippen LogP contribution in [0.2, 0.25) is 0 Å². The van der Waals surface area contributed by atoms with Crippen molar-refractivity contribution in [1.29, 1.82) is 5.26 Å². The lowest BCUT2D eigenvalue weighted by atomic mass is 9.86. The van der Waals surface area contributed by atoms with Crippen LogP contribution < -0.4 is 47.9 Å². The summed E-state index contributed by atoms with van der Waals surface area (Å²) >= 11 is 0. The summed E-state index contributed by atoms with van der Waals surface area (Å²) in [4.78, 5) is 80.9. The van der Waals surface area contributed by atoms with Gasteiger partial charge in [-0.2, -0.15) is 5.26 Å². The van der Waals surface area contributed by atoms with Crippen LogP contribution in [0.5, 0.6) is 17.2 Å². The van der Waals surface area contributed by atoms with Gasteiger partial charge >= 0.3 is 0 Å². The van der Waals surface area contributed by atoms with Crippen molar-refractivity contribution in [2.45, 2.75) is 84.0 Å². The topological polar surface area (TPSA) is 303 Å². The molecule has 5 amide bonds. The van der Waals surface area contributed by atoms with E-state index in [1.54, 1.807) is 62.4 Å². The maximum atomic E-state index is 14.7. The SMILES string of the molecule is Cc1nc(-c2ccc(C(C)(C)C)cc2O)nc(C)c1C(=O)N[C@@H](CCN)C(=O)N(C)[C@@H]1C(=O)N[C@@H](C)C(=O)N[C@H](C(=O)NCC#N)Cc2ccc(OCCN)c(c2)-c2cc1ccc2OCCN. The highest BCUT2D eigenvalue weighted by Crippen LogP contribution is 2.40. The second-order valence-electron chi connectivity index (χ2n) is 17.3. The number of ether oxygens (including phenoxy) is 2. The fourth-order valence-corrected chi connectivity index (χ4v) is 7.71. The smallest absolute Gasteiger partial charge is 0.255 e. The van der Waals surface area contributed by atoms with E-state index >= 15 is 0 Å². The first kappa shape index (κ1) is 50.9. The second kappa shape index (κ2) is 22.4. The molecule has 5 rings (SSSR count). The Labute approximate surface area is 390 Å². The summed E-state index contributed by atoms with van der Waals surface area (Å²) in [5, 5.41) is 30.8. The quantitative estimate of drug-likeness (QED) is 0.0791. The molecule has 0 saturated carbocycles. The fraction of sp³-hybridized carbons (Fsp3) is 0.417. The molecule has 1 aliphatic heterocycles. The van der Waals surface area contributed by atoms with E-state index in [0.717, 1.165) is 10.5 Å². The third-order valence-electron chi connectivity index (χ3n) is 11.2. The Morgan fingerprint density at radius 2 is 1.52 bits per heavy atom. The monoisotopic (exact) mass is 919 g/mol. The number of fused-ring (bicyclic) bond motifs is 5. The molecule has 1 aliphatic rings. The Morgan fingerprint density at radius 3 is 2.10 bits per heavy atom. The first-order chi connectivity index (χ1) is 31.8. The van der Waals surface area contributed by atoms with E-state index in [0.29, 0.717) is 39.3 Å². The third-order valence-corrected chi connectivity index (χ3v) is 11.2. The molecule has 4 bridgehead atoms. The molecule has 0 aliphatic carbocycles. The number of amides is 5. The number of nitrogens with zero attached hydrogens (tertiary/aromatic N) is 4. The molecule has 4 atom stereocenters. The maximum Gasteiger partial charge on any atom is 0.255 e. The van der Waals surface area contributed by atoms with Gasteiger partial charge in [0, 0.05) is 37.7 Å². The number of aryl methyl sites for hydroxylation is 2. The van der Waals surface area contributed by atoms with Crippen molar-refractivity contribution in [3.63, 3.8) is 0 Å². The van der Waals surface area contributed by atoms with E-state index < -0.39 is 53.7 Å². The van der Waals surface area contributed by atoms with Gasteiger partial charge in [0.15, 0.2) is 5.82 Å². The normalized spacial score (nSPS) is 16.6. The van der Waals surface area contributed by atoms with Gasteiger partial charge in [-0.05, 0) is 92.2 Å². The molecule has 0 saturated heterocycles. The van der Waals surface area contributed by atoms with Crippen molar-refractivity contribution >= 4 is 29.5 Å². The number of benzene rings is 3. The molecule has 67 heavy (non-hydrogen) atoms. The molecule has 11 N–H and O–H groups in total. The molecule has 0 spiro atoms. The Balaban J connectivity index is 1.58. The zero-order chi connectivity index (χ0) is 49.2. The second-order valence-corrected chi connectivity index (χ2v) is 17.3. The fourth-order valence-electron chi connectivity index (χ4n) is 7.71. The van der Waals surface area contributed by atoms with Crippen molar-refractivity contribution in [2.24, 2.45) is 17.2 Å². The van der Waals surface area contributed by atoms with E-state index in [2.05, 4.69) is 31.2 Å². The predicted molar refractivity (Wildman–Crippen MR) is 251 cm³/mol. The summed E-state index contributed by atoms with van der Waals surface area (Å²) < 4.78 is 12.2. The number of aromatic nitrogens is 2. The average Bonchev–Trinajstić information content (AvgIpc) is 3.28. The Bertz CT molecular complexity index is 2510. The number of carbonyl (C=O) groups is 5. The Hall–Kier alpha value is -7.14. The molecule has 0 radical (unpaired) electrons. The standard InChI is InChI=1S/C48H61N11O8/c1-26-40(27(2)55-42(54-26)32-11-10-31(25-37(32)60)48(4,5)6)45(63)57-35(14-15-49)47(65)59(7)41-30-9-13-39(67-21-18-52)34(24-30)33-22-29(8-12-38(33)66-20-17-51)23-36(44(62)53-19-16-50)58-43(61)28(3)56-46(41)64/h8-13,22,24-25,28,35-36,41,60H,14-15,17-21,23,49,51-52H2,1-7H3,(H,53,62)(H,56,64)(H,57,63)(H,58,61)/t28-,35-,36-,41-/m0/s1. The number of hydrogen-bond acceptors (Lipinski definition) is 14. The van der Waals surface area contributed by atoms with Gasteiger partial charge in [-0.3, -0.25) is 24.0 Å². The number of rotatable bonds is 15. The minimum absolute atomic E-state index is 0.00893. The van der Waals surface area contributed by atoms with Crippen molar-refractivity contribution in [1.82, 2.24) is 36.1 Å². The maximum absolute atomic E-state index is 14.7. The van der Waals surface area contributed by atoms with Crippen LogP contribution in [0.15, 0.2) is 54.6 Å². The number of hydrogen-bond donors (Lipinski definition) is 8. The number of carbonyl (C=O) groups excluding carboxylic acids is 5. The van der Waals surface area contributed by atoms with Gasteiger partial charge in [-0.1, -0.05) is 39.0 Å². The number of likely N-dealkylation sites (N-methyl/N-ethyl adjacent to an activating group) is 1. The van der Waals surface area contributed by atoms with Gasteiger partial charge in [0.2, 0.25) is 23.6 Å². The van der Waals surface area contributed by atoms with E-state index in [1.165, 1.54) is 14.0 Å². The van der Waals surface area contributed by atoms with Crippen LogP contribution in [0.25, 0.3) is 22.5 Å². The van der Waals surface area contributed by atoms with E-state index in [9.17, 15) is 34.3 Å². The lowest BCUT2D eigenvalue weighted by Gasteiger charge is -2.32. The number of phenolic OH excluding ortho intramolecular Hbond substituents is 1. The number of nitrogens with one attached hydrogen (secondary N) is 4. The van der Waals surface area contributed by atoms with Crippen LogP contribution in [0.3, 0.4) is 0 Å². The molecule has 19 nitrogen and oxygen atoms in total. The van der Waals surface area contributed by atoms with Crippen LogP contribution in [0.1, 0.15) is 78.6 Å². The first-order valence-corrected chi connectivity index (χ1v) is 22.0. The number of nitriles is 1. The van der Waals surface area contributed by atoms with Gasteiger partial charge in [-0.25, -0.2) is 9.97 Å². The van der Waals surface area contributed by atoms with Gasteiger partial charge in [0.1, 0.15) is 61.2 Å². The van der Waals surface area contributed by atoms with Gasteiger partial charge in [0.25, 0.3) is 5.91 Å². The predicted octanol–water partition coefficient (Wildman–Crippen LogP) is 1.94. The minimum Gasteiger partial charge on any atom is -0.507 e. The minimum atomic E-state index is -1.43. The molecule has 3 aromatic carbocycles. The lowest BCUT2D eigenvalue weighted by Crippen LogP contribution is -2.56. The average molecular weight is 920 g/mol. The summed E-state index contributed by atoms with van der Waals surface area (Å²) in [6, 6.07) is 12.1. The van der Waals surface area contributed by atoms with Crippen LogP contribution in [0, 0.1) is 25.2 Å². The summed E-state index contributed by atoms with van der Waals surface area (Å²) in [7, 11) is 1.40. The molecule has 2 heterocycles. The first-order valence-electron chi connectivity index (χ1n) is 22.0. The Kier molecular flexibility index (Phi) is 17.0. The van der Waals surface area contributed by atoms with Gasteiger partial charge in [-0.15, -0.1) is 0 Å². The van der Waals surface area contributed by atoms with Gasteiger partial charge in [0.05, 0.1) is 28.6 Å². The summed E-state index contributed by atoms with van der Waals surface area (Å²) in [5.41, 5.74) is 21.3. The molecule has 0 unspecified atom stereocenters. The van der Waals surface area contributed by atoms with Gasteiger partial charge < -0.3 is 57.9 Å². The molecule has 0 fully saturated rings. The zero-order valence-electron chi connectivity index (χ0n) is 39.0. The zero-order valence-corrected chi connectivity index (χ0v) is 39.0. The largest absolute Gasteiger partial charge is 0.507 e. The summed E-state index contributed by atoms with van der Waals surface area (Å²) in [6.07, 6.45) is -0.0426. The Morgan fingerprint density at radius 1 is 0.896 bits per heavy atom. The van der Waals surface area contributed by atoms with E-state index in [1.807, 2.05) is 32.9 Å². The lowest BCUT2D eigenvalue weighted by molar-refractivity contribution is -0.141. The highest BCUT2D eigenvalue weighted by atomic mass is 16.5. The summed E-state index contributed by atoms with van der Waals surface area (Å²) in [6.45, 7) is 11.0. The molecular weight excluding hydrogens is 859 g/mol. The van der Waals surface area contributed by atoms with Crippen molar-refractivity contribution in [3.05, 3.63) is 88.2 Å². The van der Waals surface area contributed by atoms with E-state index in [4.69, 9.17) is 26.7 Å². The molecule has 19 heteroatoms. The highest BCUT2D eigenvalue weighted by Gasteiger charge is 2.36. The molecule has 4 aromatic rings.